The smallest absolute Gasteiger partial charge is 0.302 e. The number of carbonyl (C=O) groups excluding carboxylic acids is 1. The summed E-state index contributed by atoms with van der Waals surface area (Å²) in [5, 5.41) is 0. The Labute approximate surface area is 112 Å². The summed E-state index contributed by atoms with van der Waals surface area (Å²) in [5.74, 6) is 1.36. The van der Waals surface area contributed by atoms with Crippen LogP contribution in [0.25, 0.3) is 0 Å². The fraction of sp³-hybridized carbons (Fsp3) is 0.500. The van der Waals surface area contributed by atoms with Gasteiger partial charge < -0.3 is 19.1 Å². The molecule has 0 spiro atoms. The van der Waals surface area contributed by atoms with Gasteiger partial charge in [-0.1, -0.05) is 0 Å². The zero-order valence-electron chi connectivity index (χ0n) is 10.9. The Morgan fingerprint density at radius 1 is 1.37 bits per heavy atom. The molecule has 0 saturated carbocycles. The Hall–Kier alpha value is -1.91. The van der Waals surface area contributed by atoms with Gasteiger partial charge in [-0.25, -0.2) is 0 Å². The number of benzene rings is 1. The van der Waals surface area contributed by atoms with Crippen LogP contribution in [-0.2, 0) is 9.53 Å². The second kappa shape index (κ2) is 4.99. The Morgan fingerprint density at radius 3 is 3.05 bits per heavy atom. The van der Waals surface area contributed by atoms with E-state index in [-0.39, 0.29) is 18.9 Å². The number of esters is 1. The lowest BCUT2D eigenvalue weighted by Crippen LogP contribution is -2.40. The molecule has 0 radical (unpaired) electrons. The van der Waals surface area contributed by atoms with E-state index < -0.39 is 0 Å². The molecule has 0 N–H and O–H groups in total. The van der Waals surface area contributed by atoms with Gasteiger partial charge in [0.1, 0.15) is 6.10 Å². The van der Waals surface area contributed by atoms with Crippen LogP contribution in [0.3, 0.4) is 0 Å². The van der Waals surface area contributed by atoms with Gasteiger partial charge in [0.2, 0.25) is 6.79 Å². The van der Waals surface area contributed by atoms with E-state index in [9.17, 15) is 4.79 Å². The highest BCUT2D eigenvalue weighted by atomic mass is 16.7. The van der Waals surface area contributed by atoms with Crippen molar-refractivity contribution in [2.45, 2.75) is 25.9 Å². The average molecular weight is 263 g/mol. The molecule has 0 aliphatic carbocycles. The number of rotatable bonds is 2. The predicted octanol–water partition coefficient (Wildman–Crippen LogP) is 1.95. The highest BCUT2D eigenvalue weighted by molar-refractivity contribution is 5.66. The molecule has 0 aromatic heterocycles. The van der Waals surface area contributed by atoms with Crippen LogP contribution >= 0.6 is 0 Å². The SMILES string of the molecule is CC(=O)OC1CCCN(c2ccc3c(c2)OCO3)C1. The molecule has 19 heavy (non-hydrogen) atoms. The maximum atomic E-state index is 11.0. The minimum absolute atomic E-state index is 0.0170. The first-order chi connectivity index (χ1) is 9.22. The van der Waals surface area contributed by atoms with Crippen LogP contribution in [-0.4, -0.2) is 32.0 Å². The fourth-order valence-corrected chi connectivity index (χ4v) is 2.59. The lowest BCUT2D eigenvalue weighted by atomic mass is 10.1. The summed E-state index contributed by atoms with van der Waals surface area (Å²) in [6.45, 7) is 3.45. The van der Waals surface area contributed by atoms with Crippen LogP contribution in [0, 0.1) is 0 Å². The molecule has 5 nitrogen and oxygen atoms in total. The van der Waals surface area contributed by atoms with Crippen molar-refractivity contribution in [1.82, 2.24) is 0 Å². The first kappa shape index (κ1) is 12.1. The van der Waals surface area contributed by atoms with Crippen molar-refractivity contribution < 1.29 is 19.0 Å². The summed E-state index contributed by atoms with van der Waals surface area (Å²) >= 11 is 0. The van der Waals surface area contributed by atoms with Gasteiger partial charge >= 0.3 is 5.97 Å². The summed E-state index contributed by atoms with van der Waals surface area (Å²) < 4.78 is 16.0. The van der Waals surface area contributed by atoms with Crippen molar-refractivity contribution in [3.63, 3.8) is 0 Å². The van der Waals surface area contributed by atoms with Crippen LogP contribution in [0.4, 0.5) is 5.69 Å². The highest BCUT2D eigenvalue weighted by Gasteiger charge is 2.23. The van der Waals surface area contributed by atoms with Crippen LogP contribution in [0.2, 0.25) is 0 Å². The molecule has 1 unspecified atom stereocenters. The largest absolute Gasteiger partial charge is 0.461 e. The van der Waals surface area contributed by atoms with Crippen molar-refractivity contribution in [1.29, 1.82) is 0 Å². The Morgan fingerprint density at radius 2 is 2.21 bits per heavy atom. The molecular formula is C14H17NO4. The fourth-order valence-electron chi connectivity index (χ4n) is 2.59. The quantitative estimate of drug-likeness (QED) is 0.763. The molecule has 5 heteroatoms. The molecular weight excluding hydrogens is 246 g/mol. The van der Waals surface area contributed by atoms with Crippen molar-refractivity contribution >= 4 is 11.7 Å². The summed E-state index contributed by atoms with van der Waals surface area (Å²) in [7, 11) is 0. The van der Waals surface area contributed by atoms with E-state index in [1.54, 1.807) is 0 Å². The molecule has 1 fully saturated rings. The van der Waals surface area contributed by atoms with Gasteiger partial charge in [0.25, 0.3) is 0 Å². The van der Waals surface area contributed by atoms with Gasteiger partial charge in [-0.15, -0.1) is 0 Å². The second-order valence-corrected chi connectivity index (χ2v) is 4.86. The lowest BCUT2D eigenvalue weighted by molar-refractivity contribution is -0.146. The van der Waals surface area contributed by atoms with Crippen molar-refractivity contribution in [2.24, 2.45) is 0 Å². The molecule has 1 aromatic rings. The third-order valence-electron chi connectivity index (χ3n) is 3.43. The first-order valence-corrected chi connectivity index (χ1v) is 6.54. The highest BCUT2D eigenvalue weighted by Crippen LogP contribution is 2.36. The standard InChI is InChI=1S/C14H17NO4/c1-10(16)19-12-3-2-6-15(8-12)11-4-5-13-14(7-11)18-9-17-13/h4-5,7,12H,2-3,6,8-9H2,1H3. The zero-order valence-corrected chi connectivity index (χ0v) is 10.9. The number of hydrogen-bond acceptors (Lipinski definition) is 5. The summed E-state index contributed by atoms with van der Waals surface area (Å²) in [5.41, 5.74) is 1.08. The lowest BCUT2D eigenvalue weighted by Gasteiger charge is -2.33. The van der Waals surface area contributed by atoms with Gasteiger partial charge in [0.15, 0.2) is 11.5 Å². The average Bonchev–Trinajstić information content (AvgIpc) is 2.85. The molecule has 0 bridgehead atoms. The second-order valence-electron chi connectivity index (χ2n) is 4.86. The molecule has 1 aromatic carbocycles. The normalized spacial score (nSPS) is 21.3. The van der Waals surface area contributed by atoms with Gasteiger partial charge in [-0.2, -0.15) is 0 Å². The molecule has 0 amide bonds. The Balaban J connectivity index is 1.72. The summed E-state index contributed by atoms with van der Waals surface area (Å²) in [4.78, 5) is 13.3. The van der Waals surface area contributed by atoms with Gasteiger partial charge in [0, 0.05) is 25.2 Å². The van der Waals surface area contributed by atoms with Crippen molar-refractivity contribution in [3.05, 3.63) is 18.2 Å². The minimum atomic E-state index is -0.211. The van der Waals surface area contributed by atoms with Crippen molar-refractivity contribution in [3.8, 4) is 11.5 Å². The van der Waals surface area contributed by atoms with E-state index in [1.165, 1.54) is 6.92 Å². The van der Waals surface area contributed by atoms with E-state index >= 15 is 0 Å². The minimum Gasteiger partial charge on any atom is -0.461 e. The number of ether oxygens (including phenoxy) is 3. The van der Waals surface area contributed by atoms with Gasteiger partial charge in [-0.05, 0) is 25.0 Å². The third-order valence-corrected chi connectivity index (χ3v) is 3.43. The van der Waals surface area contributed by atoms with Crippen molar-refractivity contribution in [2.75, 3.05) is 24.8 Å². The van der Waals surface area contributed by atoms with Gasteiger partial charge in [0.05, 0.1) is 6.54 Å². The van der Waals surface area contributed by atoms with E-state index in [0.29, 0.717) is 0 Å². The van der Waals surface area contributed by atoms with E-state index in [0.717, 1.165) is 43.1 Å². The zero-order chi connectivity index (χ0) is 13.2. The maximum absolute atomic E-state index is 11.0. The van der Waals surface area contributed by atoms with Crippen LogP contribution < -0.4 is 14.4 Å². The van der Waals surface area contributed by atoms with E-state index in [4.69, 9.17) is 14.2 Å². The number of piperidine rings is 1. The summed E-state index contributed by atoms with van der Waals surface area (Å²) in [6, 6.07) is 5.93. The molecule has 2 heterocycles. The molecule has 102 valence electrons. The Bertz CT molecular complexity index is 488. The first-order valence-electron chi connectivity index (χ1n) is 6.54. The molecule has 3 rings (SSSR count). The number of fused-ring (bicyclic) bond motifs is 1. The number of nitrogens with zero attached hydrogens (tertiary/aromatic N) is 1. The number of carbonyl (C=O) groups is 1. The topological polar surface area (TPSA) is 48.0 Å². The maximum Gasteiger partial charge on any atom is 0.302 e. The summed E-state index contributed by atoms with van der Waals surface area (Å²) in [6.07, 6.45) is 1.93. The van der Waals surface area contributed by atoms with Gasteiger partial charge in [-0.3, -0.25) is 4.79 Å². The predicted molar refractivity (Wildman–Crippen MR) is 69.6 cm³/mol. The van der Waals surface area contributed by atoms with E-state index in [2.05, 4.69) is 4.90 Å². The molecule has 1 saturated heterocycles. The van der Waals surface area contributed by atoms with Crippen LogP contribution in [0.1, 0.15) is 19.8 Å². The molecule has 2 aliphatic rings. The Kier molecular flexibility index (Phi) is 3.19. The molecule has 2 aliphatic heterocycles. The third kappa shape index (κ3) is 2.59. The van der Waals surface area contributed by atoms with Crippen LogP contribution in [0.5, 0.6) is 11.5 Å². The number of anilines is 1. The monoisotopic (exact) mass is 263 g/mol. The van der Waals surface area contributed by atoms with E-state index in [1.807, 2.05) is 18.2 Å². The van der Waals surface area contributed by atoms with Crippen LogP contribution in [0.15, 0.2) is 18.2 Å². The number of hydrogen-bond donors (Lipinski definition) is 0. The molecule has 1 atom stereocenters.